The zero-order valence-electron chi connectivity index (χ0n) is 16.3. The van der Waals surface area contributed by atoms with E-state index < -0.39 is 17.8 Å². The molecule has 1 fully saturated rings. The van der Waals surface area contributed by atoms with E-state index in [2.05, 4.69) is 10.6 Å². The summed E-state index contributed by atoms with van der Waals surface area (Å²) in [5, 5.41) is 17.1. The van der Waals surface area contributed by atoms with Crippen molar-refractivity contribution < 1.29 is 24.2 Å². The average molecular weight is 405 g/mol. The molecule has 154 valence electrons. The molecule has 2 aliphatic carbocycles. The highest BCUT2D eigenvalue weighted by molar-refractivity contribution is 6.05. The van der Waals surface area contributed by atoms with Crippen molar-refractivity contribution in [3.63, 3.8) is 0 Å². The number of rotatable bonds is 6. The molecule has 0 aromatic heterocycles. The van der Waals surface area contributed by atoms with Gasteiger partial charge in [-0.15, -0.1) is 0 Å². The van der Waals surface area contributed by atoms with Crippen LogP contribution in [0.2, 0.25) is 0 Å². The molecule has 0 saturated heterocycles. The molecule has 2 aromatic rings. The first kappa shape index (κ1) is 19.7. The number of carboxylic acid groups (broad SMARTS) is 1. The molecule has 0 aliphatic heterocycles. The Morgan fingerprint density at radius 2 is 1.67 bits per heavy atom. The molecule has 7 nitrogen and oxygen atoms in total. The summed E-state index contributed by atoms with van der Waals surface area (Å²) in [6.45, 7) is 0. The minimum atomic E-state index is -1.19. The number of benzene rings is 2. The second-order valence-electron chi connectivity index (χ2n) is 7.54. The van der Waals surface area contributed by atoms with Crippen LogP contribution in [0, 0.1) is 23.7 Å². The summed E-state index contributed by atoms with van der Waals surface area (Å²) in [6.07, 6.45) is 4.43. The summed E-state index contributed by atoms with van der Waals surface area (Å²) >= 11 is 0. The van der Waals surface area contributed by atoms with Gasteiger partial charge in [0.05, 0.1) is 18.7 Å². The predicted octanol–water partition coefficient (Wildman–Crippen LogP) is 2.07. The molecule has 2 bridgehead atoms. The lowest BCUT2D eigenvalue weighted by molar-refractivity contribution is -0.313. The molecule has 0 heterocycles. The Morgan fingerprint density at radius 3 is 2.33 bits per heavy atom. The molecule has 2 amide bonds. The number of carboxylic acids is 1. The summed E-state index contributed by atoms with van der Waals surface area (Å²) < 4.78 is 5.36. The largest absolute Gasteiger partial charge is 0.550 e. The number of nitrogens with one attached hydrogen (secondary N) is 2. The topological polar surface area (TPSA) is 108 Å². The highest BCUT2D eigenvalue weighted by Crippen LogP contribution is 2.48. The molecule has 4 rings (SSSR count). The van der Waals surface area contributed by atoms with E-state index in [1.807, 2.05) is 18.2 Å². The molecule has 0 spiro atoms. The summed E-state index contributed by atoms with van der Waals surface area (Å²) in [5.41, 5.74) is 1.42. The second-order valence-corrected chi connectivity index (χ2v) is 7.54. The monoisotopic (exact) mass is 405 g/mol. The normalized spacial score (nSPS) is 23.8. The van der Waals surface area contributed by atoms with Gasteiger partial charge in [0.1, 0.15) is 5.75 Å². The van der Waals surface area contributed by atoms with Crippen molar-refractivity contribution in [3.05, 3.63) is 66.2 Å². The Balaban J connectivity index is 1.49. The standard InChI is InChI=1S/C23H22N2O5/c1-30-18-12-16(9-10-17(18)25-21(26)13-5-3-2-4-6-13)24-22(27)19-14-7-8-15(11-14)20(19)23(28)29/h2-10,12,14-15,19-20H,11H2,1H3,(H,24,27)(H,25,26)(H,28,29)/p-1/t14-,15+,19+,20+/m1/s1. The SMILES string of the molecule is COc1cc(NC(=O)[C@@H]2[C@@H](C(=O)[O-])[C@H]3C=C[C@@H]2C3)ccc1NC(=O)c1ccccc1. The fraction of sp³-hybridized carbons (Fsp3) is 0.261. The number of allylic oxidation sites excluding steroid dienone is 2. The number of carbonyl (C=O) groups is 3. The van der Waals surface area contributed by atoms with Crippen molar-refractivity contribution in [2.24, 2.45) is 23.7 Å². The van der Waals surface area contributed by atoms with Gasteiger partial charge in [0.25, 0.3) is 5.91 Å². The first-order valence-electron chi connectivity index (χ1n) is 9.72. The predicted molar refractivity (Wildman–Crippen MR) is 109 cm³/mol. The smallest absolute Gasteiger partial charge is 0.255 e. The van der Waals surface area contributed by atoms with E-state index >= 15 is 0 Å². The lowest BCUT2D eigenvalue weighted by atomic mass is 9.82. The van der Waals surface area contributed by atoms with Crippen molar-refractivity contribution in [3.8, 4) is 5.75 Å². The third kappa shape index (κ3) is 3.66. The Labute approximate surface area is 173 Å². The van der Waals surface area contributed by atoms with Gasteiger partial charge in [-0.25, -0.2) is 0 Å². The van der Waals surface area contributed by atoms with Gasteiger partial charge < -0.3 is 25.3 Å². The van der Waals surface area contributed by atoms with Crippen LogP contribution in [-0.4, -0.2) is 24.9 Å². The van der Waals surface area contributed by atoms with Gasteiger partial charge in [0.15, 0.2) is 0 Å². The molecule has 0 unspecified atom stereocenters. The van der Waals surface area contributed by atoms with Crippen molar-refractivity contribution in [1.29, 1.82) is 0 Å². The fourth-order valence-corrected chi connectivity index (χ4v) is 4.38. The van der Waals surface area contributed by atoms with E-state index in [-0.39, 0.29) is 23.7 Å². The molecular formula is C23H21N2O5-. The van der Waals surface area contributed by atoms with Crippen LogP contribution >= 0.6 is 0 Å². The number of ether oxygens (including phenoxy) is 1. The number of fused-ring (bicyclic) bond motifs is 2. The van der Waals surface area contributed by atoms with Crippen molar-refractivity contribution >= 4 is 29.2 Å². The fourth-order valence-electron chi connectivity index (χ4n) is 4.38. The first-order valence-corrected chi connectivity index (χ1v) is 9.72. The van der Waals surface area contributed by atoms with Crippen LogP contribution in [0.1, 0.15) is 16.8 Å². The number of aliphatic carboxylic acids is 1. The minimum Gasteiger partial charge on any atom is -0.550 e. The maximum absolute atomic E-state index is 12.8. The van der Waals surface area contributed by atoms with E-state index in [4.69, 9.17) is 4.74 Å². The number of methoxy groups -OCH3 is 1. The lowest BCUT2D eigenvalue weighted by Crippen LogP contribution is -2.42. The maximum atomic E-state index is 12.8. The second kappa shape index (κ2) is 8.02. The van der Waals surface area contributed by atoms with Gasteiger partial charge in [-0.2, -0.15) is 0 Å². The molecule has 0 radical (unpaired) electrons. The summed E-state index contributed by atoms with van der Waals surface area (Å²) in [5.74, 6) is -3.17. The zero-order valence-corrected chi connectivity index (χ0v) is 16.3. The van der Waals surface area contributed by atoms with Gasteiger partial charge in [0.2, 0.25) is 5.91 Å². The van der Waals surface area contributed by atoms with Crippen LogP contribution in [0.5, 0.6) is 5.75 Å². The quantitative estimate of drug-likeness (QED) is 0.716. The molecule has 4 atom stereocenters. The van der Waals surface area contributed by atoms with Crippen molar-refractivity contribution in [2.45, 2.75) is 6.42 Å². The number of hydrogen-bond donors (Lipinski definition) is 2. The summed E-state index contributed by atoms with van der Waals surface area (Å²) in [4.78, 5) is 36.7. The Kier molecular flexibility index (Phi) is 5.27. The van der Waals surface area contributed by atoms with E-state index in [0.717, 1.165) is 0 Å². The molecule has 2 N–H and O–H groups in total. The van der Waals surface area contributed by atoms with Gasteiger partial charge in [-0.1, -0.05) is 30.4 Å². The van der Waals surface area contributed by atoms with Crippen molar-refractivity contribution in [2.75, 3.05) is 17.7 Å². The van der Waals surface area contributed by atoms with E-state index in [9.17, 15) is 19.5 Å². The van der Waals surface area contributed by atoms with Crippen LogP contribution in [0.3, 0.4) is 0 Å². The highest BCUT2D eigenvalue weighted by Gasteiger charge is 2.48. The van der Waals surface area contributed by atoms with Gasteiger partial charge >= 0.3 is 0 Å². The van der Waals surface area contributed by atoms with Gasteiger partial charge in [0, 0.05) is 29.2 Å². The summed E-state index contributed by atoms with van der Waals surface area (Å²) in [7, 11) is 1.46. The molecule has 7 heteroatoms. The Morgan fingerprint density at radius 1 is 0.967 bits per heavy atom. The first-order chi connectivity index (χ1) is 14.5. The number of hydrogen-bond acceptors (Lipinski definition) is 5. The van der Waals surface area contributed by atoms with Crippen LogP contribution in [0.4, 0.5) is 11.4 Å². The van der Waals surface area contributed by atoms with Crippen molar-refractivity contribution in [1.82, 2.24) is 0 Å². The van der Waals surface area contributed by atoms with Crippen LogP contribution in [-0.2, 0) is 9.59 Å². The molecular weight excluding hydrogens is 384 g/mol. The summed E-state index contributed by atoms with van der Waals surface area (Å²) in [6, 6.07) is 13.6. The van der Waals surface area contributed by atoms with Gasteiger partial charge in [-0.05, 0) is 42.5 Å². The molecule has 30 heavy (non-hydrogen) atoms. The molecule has 1 saturated carbocycles. The number of anilines is 2. The minimum absolute atomic E-state index is 0.0933. The maximum Gasteiger partial charge on any atom is 0.255 e. The highest BCUT2D eigenvalue weighted by atomic mass is 16.5. The number of carbonyl (C=O) groups excluding carboxylic acids is 3. The third-order valence-electron chi connectivity index (χ3n) is 5.79. The third-order valence-corrected chi connectivity index (χ3v) is 5.79. The van der Waals surface area contributed by atoms with E-state index in [1.165, 1.54) is 7.11 Å². The van der Waals surface area contributed by atoms with Crippen LogP contribution in [0.25, 0.3) is 0 Å². The number of amides is 2. The lowest BCUT2D eigenvalue weighted by Gasteiger charge is -2.27. The Bertz CT molecular complexity index is 1020. The van der Waals surface area contributed by atoms with E-state index in [0.29, 0.717) is 29.1 Å². The van der Waals surface area contributed by atoms with E-state index in [1.54, 1.807) is 42.5 Å². The van der Waals surface area contributed by atoms with Crippen LogP contribution < -0.4 is 20.5 Å². The zero-order chi connectivity index (χ0) is 21.3. The van der Waals surface area contributed by atoms with Gasteiger partial charge in [-0.3, -0.25) is 9.59 Å². The average Bonchev–Trinajstić information content (AvgIpc) is 3.37. The molecule has 2 aromatic carbocycles. The Hall–Kier alpha value is -3.61. The van der Waals surface area contributed by atoms with Crippen LogP contribution in [0.15, 0.2) is 60.7 Å². The molecule has 2 aliphatic rings.